The molecule has 1 aliphatic carbocycles. The highest BCUT2D eigenvalue weighted by Gasteiger charge is 2.36. The Morgan fingerprint density at radius 3 is 2.52 bits per heavy atom. The normalized spacial score (nSPS) is 18.1. The Kier molecular flexibility index (Phi) is 4.67. The first-order chi connectivity index (χ1) is 9.92. The van der Waals surface area contributed by atoms with Crippen LogP contribution in [0.5, 0.6) is 0 Å². The molecular formula is C15H20N2O3S. The number of nitrogens with one attached hydrogen (secondary N) is 1. The summed E-state index contributed by atoms with van der Waals surface area (Å²) in [6, 6.07) is 6.49. The molecule has 0 spiro atoms. The second-order valence-electron chi connectivity index (χ2n) is 5.70. The van der Waals surface area contributed by atoms with E-state index in [0.717, 1.165) is 19.3 Å². The number of benzene rings is 1. The lowest BCUT2D eigenvalue weighted by Crippen LogP contribution is -2.52. The van der Waals surface area contributed by atoms with Crippen LogP contribution in [0.25, 0.3) is 0 Å². The van der Waals surface area contributed by atoms with Crippen molar-refractivity contribution < 1.29 is 13.5 Å². The zero-order chi connectivity index (χ0) is 15.5. The minimum absolute atomic E-state index is 0.167. The molecule has 1 aromatic carbocycles. The van der Waals surface area contributed by atoms with Gasteiger partial charge in [-0.25, -0.2) is 13.1 Å². The molecule has 1 saturated carbocycles. The van der Waals surface area contributed by atoms with Gasteiger partial charge >= 0.3 is 0 Å². The van der Waals surface area contributed by atoms with Crippen molar-refractivity contribution in [2.24, 2.45) is 0 Å². The SMILES string of the molecule is Cc1cc(C#N)ccc1S(=O)(=O)NC1(CO)CCCCC1. The minimum atomic E-state index is -3.71. The number of nitriles is 1. The highest BCUT2D eigenvalue weighted by molar-refractivity contribution is 7.89. The van der Waals surface area contributed by atoms with Gasteiger partial charge in [-0.2, -0.15) is 5.26 Å². The van der Waals surface area contributed by atoms with Crippen LogP contribution in [0.3, 0.4) is 0 Å². The molecule has 1 aliphatic rings. The van der Waals surface area contributed by atoms with Crippen LogP contribution in [0.1, 0.15) is 43.2 Å². The number of rotatable bonds is 4. The maximum Gasteiger partial charge on any atom is 0.241 e. The largest absolute Gasteiger partial charge is 0.394 e. The molecule has 21 heavy (non-hydrogen) atoms. The average Bonchev–Trinajstić information content (AvgIpc) is 2.47. The summed E-state index contributed by atoms with van der Waals surface area (Å²) in [5.41, 5.74) is 0.212. The van der Waals surface area contributed by atoms with E-state index < -0.39 is 15.6 Å². The highest BCUT2D eigenvalue weighted by Crippen LogP contribution is 2.30. The number of hydrogen-bond donors (Lipinski definition) is 2. The summed E-state index contributed by atoms with van der Waals surface area (Å²) >= 11 is 0. The van der Waals surface area contributed by atoms with Crippen LogP contribution >= 0.6 is 0 Å². The van der Waals surface area contributed by atoms with Gasteiger partial charge in [0.25, 0.3) is 0 Å². The highest BCUT2D eigenvalue weighted by atomic mass is 32.2. The Morgan fingerprint density at radius 1 is 1.33 bits per heavy atom. The van der Waals surface area contributed by atoms with E-state index in [1.165, 1.54) is 12.1 Å². The van der Waals surface area contributed by atoms with E-state index in [-0.39, 0.29) is 11.5 Å². The Balaban J connectivity index is 2.32. The molecule has 0 atom stereocenters. The number of aliphatic hydroxyl groups is 1. The third-order valence-corrected chi connectivity index (χ3v) is 5.80. The number of aryl methyl sites for hydroxylation is 1. The zero-order valence-electron chi connectivity index (χ0n) is 12.1. The Labute approximate surface area is 125 Å². The summed E-state index contributed by atoms with van der Waals surface area (Å²) in [7, 11) is -3.71. The molecule has 1 aromatic rings. The van der Waals surface area contributed by atoms with Crippen LogP contribution in [0.2, 0.25) is 0 Å². The van der Waals surface area contributed by atoms with Crippen molar-refractivity contribution in [3.63, 3.8) is 0 Å². The third kappa shape index (κ3) is 3.43. The molecule has 0 unspecified atom stereocenters. The van der Waals surface area contributed by atoms with Gasteiger partial charge in [-0.05, 0) is 43.5 Å². The van der Waals surface area contributed by atoms with Crippen LogP contribution in [0.15, 0.2) is 23.1 Å². The van der Waals surface area contributed by atoms with Gasteiger partial charge in [0.05, 0.1) is 28.7 Å². The van der Waals surface area contributed by atoms with Crippen molar-refractivity contribution in [3.05, 3.63) is 29.3 Å². The monoisotopic (exact) mass is 308 g/mol. The van der Waals surface area contributed by atoms with E-state index in [2.05, 4.69) is 4.72 Å². The van der Waals surface area contributed by atoms with Crippen molar-refractivity contribution in [2.75, 3.05) is 6.61 Å². The van der Waals surface area contributed by atoms with Crippen molar-refractivity contribution in [3.8, 4) is 6.07 Å². The maximum absolute atomic E-state index is 12.6. The lowest BCUT2D eigenvalue weighted by molar-refractivity contribution is 0.142. The molecule has 0 aromatic heterocycles. The first kappa shape index (κ1) is 16.0. The summed E-state index contributed by atoms with van der Waals surface area (Å²) in [6.07, 6.45) is 4.19. The van der Waals surface area contributed by atoms with Gasteiger partial charge in [0, 0.05) is 0 Å². The van der Waals surface area contributed by atoms with Crippen molar-refractivity contribution in [2.45, 2.75) is 49.5 Å². The van der Waals surface area contributed by atoms with E-state index in [4.69, 9.17) is 5.26 Å². The summed E-state index contributed by atoms with van der Waals surface area (Å²) in [4.78, 5) is 0.167. The molecule has 114 valence electrons. The van der Waals surface area contributed by atoms with E-state index in [1.54, 1.807) is 13.0 Å². The van der Waals surface area contributed by atoms with Gasteiger partial charge in [-0.1, -0.05) is 19.3 Å². The fourth-order valence-corrected chi connectivity index (χ4v) is 4.56. The summed E-state index contributed by atoms with van der Waals surface area (Å²) in [5, 5.41) is 18.5. The molecule has 0 heterocycles. The topological polar surface area (TPSA) is 90.2 Å². The molecule has 1 fully saturated rings. The molecule has 0 saturated heterocycles. The fraction of sp³-hybridized carbons (Fsp3) is 0.533. The number of sulfonamides is 1. The van der Waals surface area contributed by atoms with Crippen molar-refractivity contribution in [1.82, 2.24) is 4.72 Å². The molecule has 6 heteroatoms. The van der Waals surface area contributed by atoms with Crippen LogP contribution in [0, 0.1) is 18.3 Å². The first-order valence-corrected chi connectivity index (χ1v) is 8.56. The van der Waals surface area contributed by atoms with E-state index in [0.29, 0.717) is 24.0 Å². The quantitative estimate of drug-likeness (QED) is 0.888. The van der Waals surface area contributed by atoms with Crippen LogP contribution < -0.4 is 4.72 Å². The molecule has 0 radical (unpaired) electrons. The number of aliphatic hydroxyl groups excluding tert-OH is 1. The summed E-state index contributed by atoms with van der Waals surface area (Å²) in [5.74, 6) is 0. The predicted octanol–water partition coefficient (Wildman–Crippen LogP) is 1.84. The lowest BCUT2D eigenvalue weighted by Gasteiger charge is -2.36. The summed E-state index contributed by atoms with van der Waals surface area (Å²) in [6.45, 7) is 1.48. The van der Waals surface area contributed by atoms with E-state index in [1.807, 2.05) is 6.07 Å². The van der Waals surface area contributed by atoms with Gasteiger partial charge in [-0.15, -0.1) is 0 Å². The first-order valence-electron chi connectivity index (χ1n) is 7.08. The van der Waals surface area contributed by atoms with Crippen LogP contribution in [-0.4, -0.2) is 25.7 Å². The standard InChI is InChI=1S/C15H20N2O3S/c1-12-9-13(10-16)5-6-14(12)21(19,20)17-15(11-18)7-3-2-4-8-15/h5-6,9,17-18H,2-4,7-8,11H2,1H3. The maximum atomic E-state index is 12.6. The van der Waals surface area contributed by atoms with Gasteiger partial charge in [0.2, 0.25) is 10.0 Å². The minimum Gasteiger partial charge on any atom is -0.394 e. The number of nitrogens with zero attached hydrogens (tertiary/aromatic N) is 1. The fourth-order valence-electron chi connectivity index (χ4n) is 2.88. The molecule has 0 amide bonds. The Bertz CT molecular complexity index is 656. The number of hydrogen-bond acceptors (Lipinski definition) is 4. The molecule has 5 nitrogen and oxygen atoms in total. The van der Waals surface area contributed by atoms with Crippen LogP contribution in [-0.2, 0) is 10.0 Å². The second-order valence-corrected chi connectivity index (χ2v) is 7.35. The van der Waals surface area contributed by atoms with E-state index >= 15 is 0 Å². The third-order valence-electron chi connectivity index (χ3n) is 4.06. The molecule has 0 bridgehead atoms. The average molecular weight is 308 g/mol. The van der Waals surface area contributed by atoms with E-state index in [9.17, 15) is 13.5 Å². The summed E-state index contributed by atoms with van der Waals surface area (Å²) < 4.78 is 27.9. The molecule has 0 aliphatic heterocycles. The van der Waals surface area contributed by atoms with Gasteiger partial charge in [0.1, 0.15) is 0 Å². The van der Waals surface area contributed by atoms with Gasteiger partial charge < -0.3 is 5.11 Å². The Morgan fingerprint density at radius 2 is 2.00 bits per heavy atom. The lowest BCUT2D eigenvalue weighted by atomic mass is 9.83. The van der Waals surface area contributed by atoms with Crippen molar-refractivity contribution >= 4 is 10.0 Å². The van der Waals surface area contributed by atoms with Crippen LogP contribution in [0.4, 0.5) is 0 Å². The van der Waals surface area contributed by atoms with Gasteiger partial charge in [-0.3, -0.25) is 0 Å². The molecule has 2 rings (SSSR count). The zero-order valence-corrected chi connectivity index (χ0v) is 12.9. The Hall–Kier alpha value is -1.42. The van der Waals surface area contributed by atoms with Crippen molar-refractivity contribution in [1.29, 1.82) is 5.26 Å². The smallest absolute Gasteiger partial charge is 0.241 e. The molecular weight excluding hydrogens is 288 g/mol. The molecule has 2 N–H and O–H groups in total. The second kappa shape index (κ2) is 6.14. The van der Waals surface area contributed by atoms with Gasteiger partial charge in [0.15, 0.2) is 0 Å². The predicted molar refractivity (Wildman–Crippen MR) is 79.1 cm³/mol.